The maximum absolute atomic E-state index is 12.5. The number of aryl methyl sites for hydroxylation is 1. The lowest BCUT2D eigenvalue weighted by Crippen LogP contribution is -2.12. The second-order valence-corrected chi connectivity index (χ2v) is 7.60. The Bertz CT molecular complexity index is 1100. The van der Waals surface area contributed by atoms with E-state index in [4.69, 9.17) is 9.15 Å². The van der Waals surface area contributed by atoms with Crippen molar-refractivity contribution in [2.75, 3.05) is 12.4 Å². The van der Waals surface area contributed by atoms with E-state index in [0.29, 0.717) is 11.5 Å². The predicted molar refractivity (Wildman–Crippen MR) is 111 cm³/mol. The van der Waals surface area contributed by atoms with Crippen LogP contribution in [0.5, 0.6) is 11.5 Å². The first-order chi connectivity index (χ1) is 13.5. The Morgan fingerprint density at radius 3 is 2.61 bits per heavy atom. The fourth-order valence-corrected chi connectivity index (χ4v) is 4.30. The number of anilines is 1. The number of rotatable bonds is 3. The number of aromatic hydroxyl groups is 1. The molecule has 0 fully saturated rings. The Labute approximate surface area is 166 Å². The molecule has 1 aliphatic rings. The lowest BCUT2D eigenvalue weighted by Gasteiger charge is -2.13. The smallest absolute Gasteiger partial charge is 0.349 e. The highest BCUT2D eigenvalue weighted by atomic mass is 32.2. The number of thioether (sulfide) groups is 1. The average Bonchev–Trinajstić information content (AvgIpc) is 2.87. The molecule has 1 aromatic heterocycles. The summed E-state index contributed by atoms with van der Waals surface area (Å²) in [5.74, 6) is 1.04. The minimum absolute atomic E-state index is 0.0721. The number of hydrogen-bond acceptors (Lipinski definition) is 6. The molecule has 2 N–H and O–H groups in total. The molecule has 2 heterocycles. The molecule has 0 amide bonds. The van der Waals surface area contributed by atoms with Gasteiger partial charge < -0.3 is 19.6 Å². The zero-order chi connectivity index (χ0) is 19.7. The SMILES string of the molecule is COc1ccc([C@@H]2C=C(c3c(O)cc(C)oc3=O)Nc3ccccc3S2)cc1. The molecular weight excluding hydrogens is 374 g/mol. The summed E-state index contributed by atoms with van der Waals surface area (Å²) in [5, 5.41) is 13.6. The van der Waals surface area contributed by atoms with Gasteiger partial charge in [0.15, 0.2) is 0 Å². The van der Waals surface area contributed by atoms with E-state index in [9.17, 15) is 9.90 Å². The number of hydrogen-bond donors (Lipinski definition) is 2. The van der Waals surface area contributed by atoms with Crippen molar-refractivity contribution in [1.82, 2.24) is 0 Å². The average molecular weight is 393 g/mol. The summed E-state index contributed by atoms with van der Waals surface area (Å²) in [6.07, 6.45) is 1.94. The van der Waals surface area contributed by atoms with Gasteiger partial charge >= 0.3 is 5.63 Å². The molecule has 6 heteroatoms. The molecule has 0 saturated heterocycles. The van der Waals surface area contributed by atoms with Crippen molar-refractivity contribution >= 4 is 23.1 Å². The van der Waals surface area contributed by atoms with Crippen molar-refractivity contribution in [3.8, 4) is 11.5 Å². The molecule has 0 aliphatic carbocycles. The summed E-state index contributed by atoms with van der Waals surface area (Å²) in [6.45, 7) is 1.63. The van der Waals surface area contributed by atoms with Crippen molar-refractivity contribution < 1.29 is 14.3 Å². The fraction of sp³-hybridized carbons (Fsp3) is 0.136. The molecule has 28 heavy (non-hydrogen) atoms. The van der Waals surface area contributed by atoms with E-state index in [1.54, 1.807) is 25.8 Å². The number of nitrogens with one attached hydrogen (secondary N) is 1. The van der Waals surface area contributed by atoms with Gasteiger partial charge in [0, 0.05) is 11.0 Å². The largest absolute Gasteiger partial charge is 0.507 e. The Kier molecular flexibility index (Phi) is 4.88. The van der Waals surface area contributed by atoms with Crippen LogP contribution < -0.4 is 15.7 Å². The molecule has 0 unspecified atom stereocenters. The first kappa shape index (κ1) is 18.3. The van der Waals surface area contributed by atoms with Gasteiger partial charge in [0.2, 0.25) is 0 Å². The number of methoxy groups -OCH3 is 1. The van der Waals surface area contributed by atoms with E-state index in [-0.39, 0.29) is 16.6 Å². The number of para-hydroxylation sites is 1. The van der Waals surface area contributed by atoms with Crippen LogP contribution >= 0.6 is 11.8 Å². The Balaban J connectivity index is 1.86. The van der Waals surface area contributed by atoms with Crippen LogP contribution in [0.3, 0.4) is 0 Å². The third kappa shape index (κ3) is 3.51. The topological polar surface area (TPSA) is 71.7 Å². The van der Waals surface area contributed by atoms with Crippen LogP contribution in [0.1, 0.15) is 22.1 Å². The van der Waals surface area contributed by atoms with E-state index in [0.717, 1.165) is 21.9 Å². The summed E-state index contributed by atoms with van der Waals surface area (Å²) < 4.78 is 10.5. The van der Waals surface area contributed by atoms with Gasteiger partial charge in [-0.05, 0) is 42.8 Å². The molecule has 3 aromatic rings. The van der Waals surface area contributed by atoms with Gasteiger partial charge in [0.05, 0.1) is 23.7 Å². The normalized spacial score (nSPS) is 15.8. The maximum atomic E-state index is 12.5. The molecule has 0 saturated carbocycles. The molecule has 1 atom stereocenters. The lowest BCUT2D eigenvalue weighted by molar-refractivity contribution is 0.414. The van der Waals surface area contributed by atoms with Crippen molar-refractivity contribution in [2.24, 2.45) is 0 Å². The van der Waals surface area contributed by atoms with Crippen molar-refractivity contribution in [1.29, 1.82) is 0 Å². The lowest BCUT2D eigenvalue weighted by atomic mass is 10.1. The Morgan fingerprint density at radius 1 is 1.14 bits per heavy atom. The summed E-state index contributed by atoms with van der Waals surface area (Å²) in [5.41, 5.74) is 1.99. The van der Waals surface area contributed by atoms with Crippen LogP contribution in [0.15, 0.2) is 74.8 Å². The molecule has 0 radical (unpaired) electrons. The number of fused-ring (bicyclic) bond motifs is 1. The van der Waals surface area contributed by atoms with Crippen LogP contribution in [-0.4, -0.2) is 12.2 Å². The highest BCUT2D eigenvalue weighted by molar-refractivity contribution is 7.99. The van der Waals surface area contributed by atoms with Gasteiger partial charge in [0.1, 0.15) is 22.8 Å². The van der Waals surface area contributed by atoms with Gasteiger partial charge in [-0.3, -0.25) is 0 Å². The van der Waals surface area contributed by atoms with Gasteiger partial charge in [-0.25, -0.2) is 4.79 Å². The predicted octanol–water partition coefficient (Wildman–Crippen LogP) is 4.96. The Morgan fingerprint density at radius 2 is 1.89 bits per heavy atom. The van der Waals surface area contributed by atoms with E-state index >= 15 is 0 Å². The monoisotopic (exact) mass is 393 g/mol. The highest BCUT2D eigenvalue weighted by Crippen LogP contribution is 2.45. The van der Waals surface area contributed by atoms with Gasteiger partial charge in [-0.1, -0.05) is 24.3 Å². The molecule has 1 aliphatic heterocycles. The molecular formula is C22H19NO4S. The van der Waals surface area contributed by atoms with Gasteiger partial charge in [0.25, 0.3) is 0 Å². The van der Waals surface area contributed by atoms with Crippen LogP contribution in [0.4, 0.5) is 5.69 Å². The maximum Gasteiger partial charge on any atom is 0.349 e. The number of ether oxygens (including phenoxy) is 1. The van der Waals surface area contributed by atoms with Crippen molar-refractivity contribution in [3.63, 3.8) is 0 Å². The second-order valence-electron chi connectivity index (χ2n) is 6.42. The summed E-state index contributed by atoms with van der Waals surface area (Å²) >= 11 is 1.66. The van der Waals surface area contributed by atoms with Gasteiger partial charge in [-0.15, -0.1) is 11.8 Å². The van der Waals surface area contributed by atoms with E-state index in [1.165, 1.54) is 6.07 Å². The summed E-state index contributed by atoms with van der Waals surface area (Å²) in [7, 11) is 1.63. The van der Waals surface area contributed by atoms with Gasteiger partial charge in [-0.2, -0.15) is 0 Å². The third-order valence-corrected chi connectivity index (χ3v) is 5.77. The zero-order valence-electron chi connectivity index (χ0n) is 15.4. The first-order valence-corrected chi connectivity index (χ1v) is 9.65. The molecule has 4 rings (SSSR count). The quantitative estimate of drug-likeness (QED) is 0.655. The molecule has 2 aromatic carbocycles. The van der Waals surface area contributed by atoms with Crippen molar-refractivity contribution in [2.45, 2.75) is 17.1 Å². The van der Waals surface area contributed by atoms with E-state index in [2.05, 4.69) is 5.32 Å². The third-order valence-electron chi connectivity index (χ3n) is 4.50. The van der Waals surface area contributed by atoms with E-state index < -0.39 is 5.63 Å². The van der Waals surface area contributed by atoms with Crippen LogP contribution in [0.2, 0.25) is 0 Å². The second kappa shape index (κ2) is 7.48. The fourth-order valence-electron chi connectivity index (χ4n) is 3.13. The summed E-state index contributed by atoms with van der Waals surface area (Å²) in [6, 6.07) is 17.1. The molecule has 0 bridgehead atoms. The van der Waals surface area contributed by atoms with Crippen LogP contribution in [0, 0.1) is 6.92 Å². The zero-order valence-corrected chi connectivity index (χ0v) is 16.2. The first-order valence-electron chi connectivity index (χ1n) is 8.77. The molecule has 142 valence electrons. The Hall–Kier alpha value is -3.12. The van der Waals surface area contributed by atoms with E-state index in [1.807, 2.05) is 54.6 Å². The van der Waals surface area contributed by atoms with Crippen LogP contribution in [-0.2, 0) is 0 Å². The van der Waals surface area contributed by atoms with Crippen LogP contribution in [0.25, 0.3) is 5.70 Å². The standard InChI is InChI=1S/C22H19NO4S/c1-13-11-18(24)21(22(25)27-13)17-12-20(14-7-9-15(26-2)10-8-14)28-19-6-4-3-5-16(19)23-17/h3-12,20,23-24H,1-2H3/t20-/m0/s1. The summed E-state index contributed by atoms with van der Waals surface area (Å²) in [4.78, 5) is 13.5. The minimum atomic E-state index is -0.575. The highest BCUT2D eigenvalue weighted by Gasteiger charge is 2.23. The number of benzene rings is 2. The minimum Gasteiger partial charge on any atom is -0.507 e. The molecule has 5 nitrogen and oxygen atoms in total. The molecule has 0 spiro atoms. The van der Waals surface area contributed by atoms with Crippen molar-refractivity contribution in [3.05, 3.63) is 88.0 Å².